The molecule has 2 aliphatic carbocycles. The van der Waals surface area contributed by atoms with Crippen molar-refractivity contribution in [3.63, 3.8) is 0 Å². The summed E-state index contributed by atoms with van der Waals surface area (Å²) in [7, 11) is 0. The van der Waals surface area contributed by atoms with Crippen molar-refractivity contribution in [1.82, 2.24) is 4.90 Å². The van der Waals surface area contributed by atoms with E-state index in [1.807, 2.05) is 18.2 Å². The maximum atomic E-state index is 12.5. The molecule has 1 aliphatic heterocycles. The molecular weight excluding hydrogens is 230 g/mol. The first kappa shape index (κ1) is 11.5. The van der Waals surface area contributed by atoms with Crippen LogP contribution in [-0.2, 0) is 9.59 Å². The lowest BCUT2D eigenvalue weighted by Crippen LogP contribution is -2.44. The second-order valence-corrected chi connectivity index (χ2v) is 5.38. The van der Waals surface area contributed by atoms with Gasteiger partial charge in [-0.1, -0.05) is 24.3 Å². The molecule has 0 aromatic carbocycles. The number of carboxylic acid groups (broad SMARTS) is 1. The molecule has 1 fully saturated rings. The molecule has 0 spiro atoms. The van der Waals surface area contributed by atoms with Gasteiger partial charge in [0.1, 0.15) is 0 Å². The van der Waals surface area contributed by atoms with Crippen molar-refractivity contribution < 1.29 is 14.7 Å². The highest BCUT2D eigenvalue weighted by Gasteiger charge is 2.52. The van der Waals surface area contributed by atoms with Gasteiger partial charge in [0.15, 0.2) is 0 Å². The van der Waals surface area contributed by atoms with Crippen molar-refractivity contribution in [1.29, 1.82) is 0 Å². The second kappa shape index (κ2) is 4.26. The molecule has 3 rings (SSSR count). The van der Waals surface area contributed by atoms with E-state index in [-0.39, 0.29) is 23.7 Å². The average molecular weight is 247 g/mol. The number of hydrogen-bond donors (Lipinski definition) is 1. The molecule has 3 aliphatic rings. The lowest BCUT2D eigenvalue weighted by atomic mass is 9.82. The number of carbonyl (C=O) groups is 2. The Bertz CT molecular complexity index is 440. The van der Waals surface area contributed by atoms with Crippen molar-refractivity contribution >= 4 is 11.9 Å². The first-order chi connectivity index (χ1) is 8.68. The molecular formula is C14H17NO3. The quantitative estimate of drug-likeness (QED) is 0.748. The van der Waals surface area contributed by atoms with Gasteiger partial charge in [0.25, 0.3) is 0 Å². The summed E-state index contributed by atoms with van der Waals surface area (Å²) in [6.45, 7) is 1.35. The van der Waals surface area contributed by atoms with Crippen LogP contribution < -0.4 is 0 Å². The Morgan fingerprint density at radius 2 is 1.83 bits per heavy atom. The summed E-state index contributed by atoms with van der Waals surface area (Å²) in [6, 6.07) is 0. The number of carbonyl (C=O) groups excluding carboxylic acids is 1. The van der Waals surface area contributed by atoms with E-state index < -0.39 is 11.9 Å². The Hall–Kier alpha value is -1.58. The lowest BCUT2D eigenvalue weighted by molar-refractivity contribution is -0.150. The minimum Gasteiger partial charge on any atom is -0.481 e. The second-order valence-electron chi connectivity index (χ2n) is 5.38. The fourth-order valence-corrected chi connectivity index (χ4v) is 3.55. The molecule has 18 heavy (non-hydrogen) atoms. The van der Waals surface area contributed by atoms with E-state index >= 15 is 0 Å². The molecule has 0 aromatic heterocycles. The van der Waals surface area contributed by atoms with Crippen LogP contribution in [0, 0.1) is 23.7 Å². The fourth-order valence-electron chi connectivity index (χ4n) is 3.55. The van der Waals surface area contributed by atoms with Gasteiger partial charge in [0.05, 0.1) is 11.8 Å². The Labute approximate surface area is 106 Å². The molecule has 1 heterocycles. The number of amides is 1. The third-order valence-corrected chi connectivity index (χ3v) is 4.40. The summed E-state index contributed by atoms with van der Waals surface area (Å²) >= 11 is 0. The number of carboxylic acids is 1. The van der Waals surface area contributed by atoms with Crippen LogP contribution in [0.15, 0.2) is 24.3 Å². The molecule has 1 N–H and O–H groups in total. The maximum absolute atomic E-state index is 12.5. The number of allylic oxidation sites excluding steroid dienone is 2. The predicted octanol–water partition coefficient (Wildman–Crippen LogP) is 1.30. The van der Waals surface area contributed by atoms with Gasteiger partial charge >= 0.3 is 5.97 Å². The van der Waals surface area contributed by atoms with Crippen LogP contribution in [0.25, 0.3) is 0 Å². The molecule has 0 aromatic rings. The molecule has 0 saturated heterocycles. The Kier molecular flexibility index (Phi) is 2.73. The molecule has 0 radical (unpaired) electrons. The first-order valence-corrected chi connectivity index (χ1v) is 6.53. The van der Waals surface area contributed by atoms with E-state index in [1.54, 1.807) is 4.90 Å². The monoisotopic (exact) mass is 247 g/mol. The van der Waals surface area contributed by atoms with E-state index in [4.69, 9.17) is 0 Å². The van der Waals surface area contributed by atoms with Gasteiger partial charge in [0, 0.05) is 13.1 Å². The normalized spacial score (nSPS) is 37.2. The van der Waals surface area contributed by atoms with Crippen LogP contribution in [0.5, 0.6) is 0 Å². The van der Waals surface area contributed by atoms with Crippen molar-refractivity contribution in [3.05, 3.63) is 24.3 Å². The summed E-state index contributed by atoms with van der Waals surface area (Å²) in [5.74, 6) is -1.46. The average Bonchev–Trinajstić information content (AvgIpc) is 2.99. The molecule has 2 unspecified atom stereocenters. The number of rotatable bonds is 2. The first-order valence-electron chi connectivity index (χ1n) is 6.53. The van der Waals surface area contributed by atoms with Gasteiger partial charge in [-0.25, -0.2) is 0 Å². The molecule has 4 atom stereocenters. The highest BCUT2D eigenvalue weighted by molar-refractivity contribution is 5.87. The summed E-state index contributed by atoms with van der Waals surface area (Å²) in [5.41, 5.74) is 0. The van der Waals surface area contributed by atoms with Crippen molar-refractivity contribution in [2.45, 2.75) is 12.8 Å². The van der Waals surface area contributed by atoms with Crippen molar-refractivity contribution in [2.24, 2.45) is 23.7 Å². The topological polar surface area (TPSA) is 57.6 Å². The van der Waals surface area contributed by atoms with E-state index in [9.17, 15) is 14.7 Å². The van der Waals surface area contributed by atoms with Gasteiger partial charge in [-0.05, 0) is 24.7 Å². The van der Waals surface area contributed by atoms with Gasteiger partial charge in [-0.2, -0.15) is 0 Å². The van der Waals surface area contributed by atoms with E-state index in [1.165, 1.54) is 0 Å². The largest absolute Gasteiger partial charge is 0.481 e. The molecule has 4 heteroatoms. The zero-order valence-corrected chi connectivity index (χ0v) is 10.2. The summed E-state index contributed by atoms with van der Waals surface area (Å²) in [4.78, 5) is 25.7. The number of aliphatic carboxylic acids is 1. The lowest BCUT2D eigenvalue weighted by Gasteiger charge is -2.31. The van der Waals surface area contributed by atoms with E-state index in [0.29, 0.717) is 6.54 Å². The van der Waals surface area contributed by atoms with E-state index in [2.05, 4.69) is 6.08 Å². The third kappa shape index (κ3) is 1.67. The van der Waals surface area contributed by atoms with Crippen LogP contribution in [0.4, 0.5) is 0 Å². The van der Waals surface area contributed by atoms with Crippen LogP contribution in [0.3, 0.4) is 0 Å². The Morgan fingerprint density at radius 1 is 1.11 bits per heavy atom. The van der Waals surface area contributed by atoms with Gasteiger partial charge in [0.2, 0.25) is 5.91 Å². The zero-order chi connectivity index (χ0) is 12.7. The summed E-state index contributed by atoms with van der Waals surface area (Å²) in [5, 5.41) is 9.33. The zero-order valence-electron chi connectivity index (χ0n) is 10.2. The minimum atomic E-state index is -0.822. The standard InChI is InChI=1S/C14H17NO3/c16-13(15-6-2-1-3-7-15)11-9-4-5-10(8-9)12(11)14(17)18/h1-2,4-5,9-12H,3,6-8H2,(H,17,18)/t9?,10?,11-,12+/m0/s1. The Morgan fingerprint density at radius 3 is 2.44 bits per heavy atom. The smallest absolute Gasteiger partial charge is 0.307 e. The number of fused-ring (bicyclic) bond motifs is 2. The van der Waals surface area contributed by atoms with Gasteiger partial charge in [-0.15, -0.1) is 0 Å². The summed E-state index contributed by atoms with van der Waals surface area (Å²) in [6.07, 6.45) is 9.77. The SMILES string of the molecule is O=C(O)[C@@H]1C2C=CC(C2)[C@@H]1C(=O)N1CC=CCC1. The fraction of sp³-hybridized carbons (Fsp3) is 0.571. The molecule has 96 valence electrons. The maximum Gasteiger partial charge on any atom is 0.307 e. The molecule has 1 saturated carbocycles. The van der Waals surface area contributed by atoms with Crippen LogP contribution >= 0.6 is 0 Å². The highest BCUT2D eigenvalue weighted by Crippen LogP contribution is 2.48. The van der Waals surface area contributed by atoms with E-state index in [0.717, 1.165) is 19.4 Å². The van der Waals surface area contributed by atoms with Gasteiger partial charge in [-0.3, -0.25) is 9.59 Å². The number of hydrogen-bond acceptors (Lipinski definition) is 2. The van der Waals surface area contributed by atoms with Crippen molar-refractivity contribution in [3.8, 4) is 0 Å². The minimum absolute atomic E-state index is 0.0311. The van der Waals surface area contributed by atoms with Crippen molar-refractivity contribution in [2.75, 3.05) is 13.1 Å². The highest BCUT2D eigenvalue weighted by atomic mass is 16.4. The van der Waals surface area contributed by atoms with Crippen LogP contribution in [0.2, 0.25) is 0 Å². The summed E-state index contributed by atoms with van der Waals surface area (Å²) < 4.78 is 0. The molecule has 2 bridgehead atoms. The third-order valence-electron chi connectivity index (χ3n) is 4.40. The molecule has 4 nitrogen and oxygen atoms in total. The Balaban J connectivity index is 1.82. The number of nitrogens with zero attached hydrogens (tertiary/aromatic N) is 1. The van der Waals surface area contributed by atoms with Crippen LogP contribution in [-0.4, -0.2) is 35.0 Å². The predicted molar refractivity (Wildman–Crippen MR) is 65.7 cm³/mol. The van der Waals surface area contributed by atoms with Gasteiger partial charge < -0.3 is 10.0 Å². The van der Waals surface area contributed by atoms with Crippen LogP contribution in [0.1, 0.15) is 12.8 Å². The molecule has 1 amide bonds.